The van der Waals surface area contributed by atoms with Gasteiger partial charge in [0.2, 0.25) is 0 Å². The van der Waals surface area contributed by atoms with Gasteiger partial charge in [0.15, 0.2) is 0 Å². The normalized spacial score (nSPS) is 22.3. The first-order valence-electron chi connectivity index (χ1n) is 23.7. The first-order valence-corrected chi connectivity index (χ1v) is 23.7. The summed E-state index contributed by atoms with van der Waals surface area (Å²) in [6, 6.07) is 66.2. The standard InChI is InChI=1S/C62H53NO/c1-38-32-40-34-39(2)62(42(33-38)35-40)55-21-11-8-17-49(55)51-31-29-45(37-57(51)62)63(44-28-30-50-48-16-7-10-20-54(48)61(3,4)56(50)36-44)43-26-24-41(25-27-43)46-14-5-6-15-47(46)52-19-13-23-59-60(52)53-18-9-12-22-58(53)64-59/h5-31,36-40,42H,32-35H2,1-4H3/t38-,39+,40-,42-,62?/m0/s1. The topological polar surface area (TPSA) is 16.4 Å². The molecule has 4 aliphatic rings. The van der Waals surface area contributed by atoms with Crippen LogP contribution in [0.25, 0.3) is 66.4 Å². The van der Waals surface area contributed by atoms with Crippen molar-refractivity contribution in [2.24, 2.45) is 23.7 Å². The molecule has 2 heteroatoms. The summed E-state index contributed by atoms with van der Waals surface area (Å²) in [5.41, 5.74) is 21.6. The zero-order valence-corrected chi connectivity index (χ0v) is 37.2. The third-order valence-electron chi connectivity index (χ3n) is 16.4. The Kier molecular flexibility index (Phi) is 8.24. The minimum Gasteiger partial charge on any atom is -0.456 e. The lowest BCUT2D eigenvalue weighted by molar-refractivity contribution is 0.0426. The zero-order valence-electron chi connectivity index (χ0n) is 37.2. The Morgan fingerprint density at radius 2 is 1.03 bits per heavy atom. The van der Waals surface area contributed by atoms with Crippen molar-refractivity contribution in [2.45, 2.75) is 64.2 Å². The first-order chi connectivity index (χ1) is 31.3. The molecular weight excluding hydrogens is 775 g/mol. The second-order valence-corrected chi connectivity index (χ2v) is 20.3. The first kappa shape index (κ1) is 37.9. The van der Waals surface area contributed by atoms with E-state index in [1.807, 2.05) is 6.07 Å². The van der Waals surface area contributed by atoms with Crippen LogP contribution in [-0.2, 0) is 10.8 Å². The fraction of sp³-hybridized carbons (Fsp3) is 0.226. The van der Waals surface area contributed by atoms with Gasteiger partial charge in [0.05, 0.1) is 0 Å². The van der Waals surface area contributed by atoms with Crippen molar-refractivity contribution in [1.29, 1.82) is 0 Å². The predicted molar refractivity (Wildman–Crippen MR) is 267 cm³/mol. The van der Waals surface area contributed by atoms with Crippen LogP contribution in [0.1, 0.15) is 75.6 Å². The summed E-state index contributed by atoms with van der Waals surface area (Å²) in [6.07, 6.45) is 5.33. The molecule has 2 fully saturated rings. The summed E-state index contributed by atoms with van der Waals surface area (Å²) in [5, 5.41) is 2.31. The molecule has 9 aromatic rings. The third-order valence-corrected chi connectivity index (χ3v) is 16.4. The number of furan rings is 1. The summed E-state index contributed by atoms with van der Waals surface area (Å²) in [4.78, 5) is 2.55. The summed E-state index contributed by atoms with van der Waals surface area (Å²) in [6.45, 7) is 9.88. The average molecular weight is 828 g/mol. The highest BCUT2D eigenvalue weighted by atomic mass is 16.3. The highest BCUT2D eigenvalue weighted by Crippen LogP contribution is 2.65. The maximum absolute atomic E-state index is 6.35. The summed E-state index contributed by atoms with van der Waals surface area (Å²) in [5.74, 6) is 2.80. The van der Waals surface area contributed by atoms with Gasteiger partial charge < -0.3 is 9.32 Å². The van der Waals surface area contributed by atoms with E-state index in [2.05, 4.69) is 202 Å². The van der Waals surface area contributed by atoms with Crippen LogP contribution in [0.4, 0.5) is 17.1 Å². The Bertz CT molecular complexity index is 3330. The zero-order chi connectivity index (χ0) is 42.9. The molecule has 5 atom stereocenters. The monoisotopic (exact) mass is 827 g/mol. The Labute approximate surface area is 377 Å². The van der Waals surface area contributed by atoms with E-state index in [1.165, 1.54) is 92.7 Å². The molecule has 0 amide bonds. The van der Waals surface area contributed by atoms with Crippen LogP contribution >= 0.6 is 0 Å². The molecule has 8 aromatic carbocycles. The van der Waals surface area contributed by atoms with Gasteiger partial charge in [-0.25, -0.2) is 0 Å². The summed E-state index contributed by atoms with van der Waals surface area (Å²) < 4.78 is 6.35. The number of hydrogen-bond acceptors (Lipinski definition) is 2. The van der Waals surface area contributed by atoms with E-state index < -0.39 is 0 Å². The second-order valence-electron chi connectivity index (χ2n) is 20.3. The molecule has 2 bridgehead atoms. The maximum atomic E-state index is 6.35. The van der Waals surface area contributed by atoms with Crippen molar-refractivity contribution in [2.75, 3.05) is 4.90 Å². The van der Waals surface area contributed by atoms with Crippen LogP contribution in [0.2, 0.25) is 0 Å². The van der Waals surface area contributed by atoms with Crippen LogP contribution in [0.15, 0.2) is 180 Å². The fourth-order valence-electron chi connectivity index (χ4n) is 13.9. The summed E-state index contributed by atoms with van der Waals surface area (Å²) in [7, 11) is 0. The Morgan fingerprint density at radius 3 is 1.81 bits per heavy atom. The Balaban J connectivity index is 0.979. The van der Waals surface area contributed by atoms with E-state index in [1.54, 1.807) is 11.1 Å². The van der Waals surface area contributed by atoms with Gasteiger partial charge in [0.1, 0.15) is 11.2 Å². The van der Waals surface area contributed by atoms with Gasteiger partial charge in [-0.2, -0.15) is 0 Å². The van der Waals surface area contributed by atoms with Crippen LogP contribution in [-0.4, -0.2) is 0 Å². The molecular formula is C62H53NO. The molecule has 0 saturated heterocycles. The Morgan fingerprint density at radius 1 is 0.453 bits per heavy atom. The summed E-state index contributed by atoms with van der Waals surface area (Å²) >= 11 is 0. The maximum Gasteiger partial charge on any atom is 0.136 e. The third kappa shape index (κ3) is 5.32. The number of fused-ring (bicyclic) bond motifs is 14. The van der Waals surface area contributed by atoms with Crippen LogP contribution in [0, 0.1) is 23.7 Å². The van der Waals surface area contributed by atoms with Crippen molar-refractivity contribution in [1.82, 2.24) is 0 Å². The minimum absolute atomic E-state index is 0.0110. The van der Waals surface area contributed by atoms with Gasteiger partial charge in [0.25, 0.3) is 0 Å². The van der Waals surface area contributed by atoms with Gasteiger partial charge in [-0.15, -0.1) is 0 Å². The minimum atomic E-state index is -0.111. The smallest absolute Gasteiger partial charge is 0.136 e. The quantitative estimate of drug-likeness (QED) is 0.172. The van der Waals surface area contributed by atoms with E-state index in [0.717, 1.165) is 39.5 Å². The molecule has 64 heavy (non-hydrogen) atoms. The average Bonchev–Trinajstić information content (AvgIpc) is 3.92. The molecule has 0 aliphatic heterocycles. The molecule has 2 nitrogen and oxygen atoms in total. The molecule has 1 unspecified atom stereocenters. The molecule has 312 valence electrons. The number of nitrogens with zero attached hydrogens (tertiary/aromatic N) is 1. The van der Waals surface area contributed by atoms with Crippen LogP contribution in [0.5, 0.6) is 0 Å². The molecule has 0 radical (unpaired) electrons. The second kappa shape index (κ2) is 13.9. The highest BCUT2D eigenvalue weighted by molar-refractivity contribution is 6.13. The van der Waals surface area contributed by atoms with Gasteiger partial charge in [-0.05, 0) is 165 Å². The van der Waals surface area contributed by atoms with Crippen molar-refractivity contribution in [3.63, 3.8) is 0 Å². The highest BCUT2D eigenvalue weighted by Gasteiger charge is 2.56. The van der Waals surface area contributed by atoms with E-state index >= 15 is 0 Å². The van der Waals surface area contributed by atoms with Gasteiger partial charge in [-0.3, -0.25) is 0 Å². The fourth-order valence-corrected chi connectivity index (χ4v) is 13.9. The lowest BCUT2D eigenvalue weighted by atomic mass is 9.49. The lowest BCUT2D eigenvalue weighted by Crippen LogP contribution is -2.49. The van der Waals surface area contributed by atoms with Gasteiger partial charge >= 0.3 is 0 Å². The van der Waals surface area contributed by atoms with E-state index in [9.17, 15) is 0 Å². The van der Waals surface area contributed by atoms with Crippen molar-refractivity contribution < 1.29 is 4.42 Å². The van der Waals surface area contributed by atoms with E-state index in [4.69, 9.17) is 4.42 Å². The van der Waals surface area contributed by atoms with Gasteiger partial charge in [0, 0.05) is 38.7 Å². The number of hydrogen-bond donors (Lipinski definition) is 0. The number of anilines is 3. The van der Waals surface area contributed by atoms with E-state index in [-0.39, 0.29) is 10.8 Å². The van der Waals surface area contributed by atoms with Crippen LogP contribution < -0.4 is 4.90 Å². The van der Waals surface area contributed by atoms with Crippen molar-refractivity contribution in [3.8, 4) is 44.5 Å². The predicted octanol–water partition coefficient (Wildman–Crippen LogP) is 17.1. The Hall–Kier alpha value is -6.64. The molecule has 1 aromatic heterocycles. The molecule has 1 heterocycles. The molecule has 13 rings (SSSR count). The molecule has 4 aliphatic carbocycles. The number of benzene rings is 8. The van der Waals surface area contributed by atoms with Crippen LogP contribution in [0.3, 0.4) is 0 Å². The lowest BCUT2D eigenvalue weighted by Gasteiger charge is -2.54. The SMILES string of the molecule is C[C@H]1C[C@@H]2C[C@H](C1)C1(c3ccccc3-c3ccc(N(c4ccc(-c5ccccc5-c5cccc6oc7ccccc7c56)cc4)c4ccc5c(c4)C(C)(C)c4ccccc4-5)cc31)[C@H](C)C2. The van der Waals surface area contributed by atoms with E-state index in [0.29, 0.717) is 11.8 Å². The number of para-hydroxylation sites is 1. The largest absolute Gasteiger partial charge is 0.456 e. The van der Waals surface area contributed by atoms with Gasteiger partial charge in [-0.1, -0.05) is 155 Å². The number of rotatable bonds is 5. The molecule has 0 N–H and O–H groups in total. The molecule has 1 spiro atoms. The van der Waals surface area contributed by atoms with Crippen molar-refractivity contribution >= 4 is 39.0 Å². The van der Waals surface area contributed by atoms with Crippen molar-refractivity contribution in [3.05, 3.63) is 198 Å². The molecule has 2 saturated carbocycles.